The predicted molar refractivity (Wildman–Crippen MR) is 69.7 cm³/mol. The van der Waals surface area contributed by atoms with E-state index >= 15 is 0 Å². The first-order chi connectivity index (χ1) is 9.90. The van der Waals surface area contributed by atoms with E-state index in [1.165, 1.54) is 0 Å². The lowest BCUT2D eigenvalue weighted by Crippen LogP contribution is -2.07. The summed E-state index contributed by atoms with van der Waals surface area (Å²) in [5.74, 6) is 0.465. The molecule has 108 valence electrons. The molecule has 0 atom stereocenters. The molecule has 0 fully saturated rings. The lowest BCUT2D eigenvalue weighted by Gasteiger charge is -2.10. The van der Waals surface area contributed by atoms with Crippen molar-refractivity contribution < 1.29 is 17.9 Å². The van der Waals surface area contributed by atoms with Crippen LogP contribution in [0.3, 0.4) is 0 Å². The molecule has 0 aliphatic rings. The molecule has 0 radical (unpaired) electrons. The quantitative estimate of drug-likeness (QED) is 0.853. The van der Waals surface area contributed by atoms with Gasteiger partial charge in [0.15, 0.2) is 0 Å². The fraction of sp³-hybridized carbons (Fsp3) is 0.143. The van der Waals surface area contributed by atoms with Crippen molar-refractivity contribution in [1.82, 2.24) is 4.98 Å². The molecule has 0 saturated heterocycles. The number of ether oxygens (including phenoxy) is 1. The minimum absolute atomic E-state index is 0.0666. The molecule has 0 bridgehead atoms. The molecule has 0 unspecified atom stereocenters. The largest absolute Gasteiger partial charge is 0.487 e. The van der Waals surface area contributed by atoms with E-state index in [0.29, 0.717) is 17.5 Å². The molecule has 3 nitrogen and oxygen atoms in total. The van der Waals surface area contributed by atoms with Crippen molar-refractivity contribution in [3.8, 4) is 11.8 Å². The Morgan fingerprint density at radius 2 is 1.90 bits per heavy atom. The van der Waals surface area contributed by atoms with Crippen LogP contribution in [0.5, 0.6) is 5.75 Å². The first-order valence-electron chi connectivity index (χ1n) is 5.75. The monoisotopic (exact) mass is 312 g/mol. The summed E-state index contributed by atoms with van der Waals surface area (Å²) in [6, 6.07) is 9.07. The maximum absolute atomic E-state index is 12.5. The molecule has 1 aromatic heterocycles. The summed E-state index contributed by atoms with van der Waals surface area (Å²) in [6.07, 6.45) is -3.77. The zero-order valence-electron chi connectivity index (χ0n) is 10.5. The number of nitriles is 1. The summed E-state index contributed by atoms with van der Waals surface area (Å²) in [7, 11) is 0. The Morgan fingerprint density at radius 1 is 1.24 bits per heavy atom. The average Bonchev–Trinajstić information content (AvgIpc) is 2.45. The van der Waals surface area contributed by atoms with Gasteiger partial charge < -0.3 is 4.74 Å². The van der Waals surface area contributed by atoms with Crippen molar-refractivity contribution in [3.05, 3.63) is 58.4 Å². The van der Waals surface area contributed by atoms with Gasteiger partial charge >= 0.3 is 6.18 Å². The van der Waals surface area contributed by atoms with Gasteiger partial charge in [0.25, 0.3) is 0 Å². The first-order valence-corrected chi connectivity index (χ1v) is 6.12. The lowest BCUT2D eigenvalue weighted by molar-refractivity contribution is -0.137. The maximum Gasteiger partial charge on any atom is 0.417 e. The molecule has 7 heteroatoms. The summed E-state index contributed by atoms with van der Waals surface area (Å²) in [4.78, 5) is 3.66. The fourth-order valence-corrected chi connectivity index (χ4v) is 1.73. The number of benzene rings is 1. The smallest absolute Gasteiger partial charge is 0.417 e. The average molecular weight is 313 g/mol. The third kappa shape index (κ3) is 3.86. The van der Waals surface area contributed by atoms with Crippen LogP contribution in [0.25, 0.3) is 0 Å². The fourth-order valence-electron chi connectivity index (χ4n) is 1.50. The Balaban J connectivity index is 2.08. The van der Waals surface area contributed by atoms with Gasteiger partial charge in [-0.1, -0.05) is 11.6 Å². The van der Waals surface area contributed by atoms with Crippen LogP contribution in [0.4, 0.5) is 13.2 Å². The van der Waals surface area contributed by atoms with Crippen molar-refractivity contribution >= 4 is 11.6 Å². The van der Waals surface area contributed by atoms with Crippen LogP contribution >= 0.6 is 11.6 Å². The van der Waals surface area contributed by atoms with E-state index in [-0.39, 0.29) is 17.3 Å². The summed E-state index contributed by atoms with van der Waals surface area (Å²) in [5, 5.41) is 8.54. The second-order valence-electron chi connectivity index (χ2n) is 4.08. The number of hydrogen-bond acceptors (Lipinski definition) is 3. The number of hydrogen-bond donors (Lipinski definition) is 0. The topological polar surface area (TPSA) is 45.9 Å². The Labute approximate surface area is 123 Å². The number of pyridine rings is 1. The SMILES string of the molecule is N#Cc1ccc(OCc2ncc(C(F)(F)F)cc2Cl)cc1. The third-order valence-corrected chi connectivity index (χ3v) is 2.93. The highest BCUT2D eigenvalue weighted by Crippen LogP contribution is 2.31. The van der Waals surface area contributed by atoms with Crippen LogP contribution in [0.15, 0.2) is 36.5 Å². The van der Waals surface area contributed by atoms with Crippen LogP contribution in [0, 0.1) is 11.3 Å². The van der Waals surface area contributed by atoms with E-state index in [2.05, 4.69) is 4.98 Å². The molecule has 0 spiro atoms. The van der Waals surface area contributed by atoms with Crippen LogP contribution in [0.2, 0.25) is 5.02 Å². The van der Waals surface area contributed by atoms with Crippen LogP contribution in [0.1, 0.15) is 16.8 Å². The van der Waals surface area contributed by atoms with Gasteiger partial charge in [0.2, 0.25) is 0 Å². The number of aromatic nitrogens is 1. The van der Waals surface area contributed by atoms with Crippen LogP contribution in [-0.2, 0) is 12.8 Å². The van der Waals surface area contributed by atoms with Gasteiger partial charge in [-0.15, -0.1) is 0 Å². The molecular formula is C14H8ClF3N2O. The second kappa shape index (κ2) is 6.02. The van der Waals surface area contributed by atoms with Gasteiger partial charge in [0, 0.05) is 6.20 Å². The summed E-state index contributed by atoms with van der Waals surface area (Å²) < 4.78 is 42.8. The molecule has 2 aromatic rings. The minimum atomic E-state index is -4.48. The van der Waals surface area contributed by atoms with E-state index in [1.54, 1.807) is 24.3 Å². The van der Waals surface area contributed by atoms with Crippen molar-refractivity contribution in [3.63, 3.8) is 0 Å². The van der Waals surface area contributed by atoms with Crippen LogP contribution < -0.4 is 4.74 Å². The van der Waals surface area contributed by atoms with Crippen molar-refractivity contribution in [2.75, 3.05) is 0 Å². The van der Waals surface area contributed by atoms with Crippen molar-refractivity contribution in [2.45, 2.75) is 12.8 Å². The van der Waals surface area contributed by atoms with Gasteiger partial charge in [-0.2, -0.15) is 18.4 Å². The lowest BCUT2D eigenvalue weighted by atomic mass is 10.2. The molecule has 2 rings (SSSR count). The highest BCUT2D eigenvalue weighted by atomic mass is 35.5. The maximum atomic E-state index is 12.5. The number of halogens is 4. The Morgan fingerprint density at radius 3 is 2.43 bits per heavy atom. The molecule has 1 heterocycles. The first kappa shape index (κ1) is 15.1. The van der Waals surface area contributed by atoms with E-state index in [9.17, 15) is 13.2 Å². The predicted octanol–water partition coefficient (Wildman–Crippen LogP) is 4.20. The standard InChI is InChI=1S/C14H8ClF3N2O/c15-12-5-10(14(16,17)18)7-20-13(12)8-21-11-3-1-9(6-19)2-4-11/h1-5,7H,8H2. The number of rotatable bonds is 3. The zero-order valence-corrected chi connectivity index (χ0v) is 11.2. The normalized spacial score (nSPS) is 11.0. The highest BCUT2D eigenvalue weighted by Gasteiger charge is 2.31. The van der Waals surface area contributed by atoms with E-state index in [0.717, 1.165) is 6.07 Å². The van der Waals surface area contributed by atoms with Gasteiger partial charge in [-0.3, -0.25) is 4.98 Å². The summed E-state index contributed by atoms with van der Waals surface area (Å²) in [6.45, 7) is -0.0666. The van der Waals surface area contributed by atoms with E-state index in [1.807, 2.05) is 6.07 Å². The van der Waals surface area contributed by atoms with Gasteiger partial charge in [0.1, 0.15) is 12.4 Å². The summed E-state index contributed by atoms with van der Waals surface area (Å²) in [5.41, 5.74) is -0.225. The van der Waals surface area contributed by atoms with E-state index < -0.39 is 11.7 Å². The van der Waals surface area contributed by atoms with Crippen molar-refractivity contribution in [1.29, 1.82) is 5.26 Å². The van der Waals surface area contributed by atoms with Gasteiger partial charge in [-0.05, 0) is 30.3 Å². The molecule has 0 saturated carbocycles. The molecule has 0 aliphatic carbocycles. The third-order valence-electron chi connectivity index (χ3n) is 2.60. The number of nitrogens with zero attached hydrogens (tertiary/aromatic N) is 2. The Kier molecular flexibility index (Phi) is 4.34. The molecular weight excluding hydrogens is 305 g/mol. The van der Waals surface area contributed by atoms with Gasteiger partial charge in [-0.25, -0.2) is 0 Å². The van der Waals surface area contributed by atoms with Crippen LogP contribution in [-0.4, -0.2) is 4.98 Å². The molecule has 1 aromatic carbocycles. The molecule has 21 heavy (non-hydrogen) atoms. The Hall–Kier alpha value is -2.26. The second-order valence-corrected chi connectivity index (χ2v) is 4.48. The molecule has 0 aliphatic heterocycles. The van der Waals surface area contributed by atoms with E-state index in [4.69, 9.17) is 21.6 Å². The highest BCUT2D eigenvalue weighted by molar-refractivity contribution is 6.31. The van der Waals surface area contributed by atoms with Crippen molar-refractivity contribution in [2.24, 2.45) is 0 Å². The molecule has 0 N–H and O–H groups in total. The molecule has 0 amide bonds. The minimum Gasteiger partial charge on any atom is -0.487 e. The summed E-state index contributed by atoms with van der Waals surface area (Å²) >= 11 is 5.76. The van der Waals surface area contributed by atoms with Gasteiger partial charge in [0.05, 0.1) is 27.9 Å². The number of alkyl halides is 3. The Bertz CT molecular complexity index is 678. The zero-order chi connectivity index (χ0) is 15.5.